The summed E-state index contributed by atoms with van der Waals surface area (Å²) < 4.78 is 44.1. The summed E-state index contributed by atoms with van der Waals surface area (Å²) in [7, 11) is -0.0873. The van der Waals surface area contributed by atoms with Crippen LogP contribution in [-0.4, -0.2) is 36.1 Å². The van der Waals surface area contributed by atoms with E-state index in [0.717, 1.165) is 10.6 Å². The first-order valence-corrected chi connectivity index (χ1v) is 8.44. The third kappa shape index (κ3) is 3.72. The second-order valence-electron chi connectivity index (χ2n) is 5.52. The molecule has 1 amide bonds. The van der Waals surface area contributed by atoms with Crippen molar-refractivity contribution in [2.24, 2.45) is 5.41 Å². The van der Waals surface area contributed by atoms with Crippen molar-refractivity contribution in [3.63, 3.8) is 0 Å². The van der Waals surface area contributed by atoms with Crippen molar-refractivity contribution in [1.82, 2.24) is 5.06 Å². The van der Waals surface area contributed by atoms with Gasteiger partial charge in [0.25, 0.3) is 5.91 Å². The standard InChI is InChI=1S/C15H17F3NO3P/c1-10-3-5-11(6-4-10)12(20)14(9-15(16,17)18)7-8-19(13(14)21)22-23-2/h3-6,23H,7-9H2,1-2H3/t14-/m1/s1. The zero-order chi connectivity index (χ0) is 17.3. The second kappa shape index (κ2) is 6.57. The Kier molecular flexibility index (Phi) is 5.11. The minimum atomic E-state index is -4.62. The predicted octanol–water partition coefficient (Wildman–Crippen LogP) is 3.50. The fraction of sp³-hybridized carbons (Fsp3) is 0.467. The van der Waals surface area contributed by atoms with E-state index in [1.54, 1.807) is 25.7 Å². The number of rotatable bonds is 5. The second-order valence-corrected chi connectivity index (χ2v) is 6.11. The largest absolute Gasteiger partial charge is 0.390 e. The SMILES string of the molecule is CPON1CC[C@@](CC(F)(F)F)(C(=O)c2ccc(C)cc2)C1=O. The van der Waals surface area contributed by atoms with E-state index in [1.165, 1.54) is 12.1 Å². The molecule has 1 aliphatic heterocycles. The summed E-state index contributed by atoms with van der Waals surface area (Å²) in [4.78, 5) is 25.2. The highest BCUT2D eigenvalue weighted by Gasteiger charge is 2.58. The number of carbonyl (C=O) groups excluding carboxylic acids is 2. The normalized spacial score (nSPS) is 22.3. The molecule has 0 saturated carbocycles. The van der Waals surface area contributed by atoms with Crippen molar-refractivity contribution in [3.05, 3.63) is 35.4 Å². The van der Waals surface area contributed by atoms with Gasteiger partial charge in [-0.15, -0.1) is 0 Å². The van der Waals surface area contributed by atoms with E-state index in [0.29, 0.717) is 0 Å². The summed E-state index contributed by atoms with van der Waals surface area (Å²) in [6.07, 6.45) is -6.30. The number of benzene rings is 1. The molecule has 2 rings (SSSR count). The average molecular weight is 347 g/mol. The molecule has 1 aliphatic rings. The molecule has 1 fully saturated rings. The Morgan fingerprint density at radius 3 is 2.48 bits per heavy atom. The van der Waals surface area contributed by atoms with Crippen molar-refractivity contribution in [2.45, 2.75) is 25.9 Å². The number of aryl methyl sites for hydroxylation is 1. The van der Waals surface area contributed by atoms with Gasteiger partial charge in [-0.3, -0.25) is 14.2 Å². The summed E-state index contributed by atoms with van der Waals surface area (Å²) in [6, 6.07) is 6.17. The molecule has 0 aliphatic carbocycles. The average Bonchev–Trinajstić information content (AvgIpc) is 2.76. The summed E-state index contributed by atoms with van der Waals surface area (Å²) in [5, 5.41) is 0.885. The quantitative estimate of drug-likeness (QED) is 0.465. The van der Waals surface area contributed by atoms with Crippen LogP contribution in [0.5, 0.6) is 0 Å². The molecule has 8 heteroatoms. The molecule has 1 aromatic rings. The van der Waals surface area contributed by atoms with Gasteiger partial charge in [0.05, 0.1) is 13.0 Å². The first kappa shape index (κ1) is 17.9. The summed E-state index contributed by atoms with van der Waals surface area (Å²) in [5.41, 5.74) is -1.15. The number of hydrogen-bond acceptors (Lipinski definition) is 3. The minimum absolute atomic E-state index is 0.0205. The predicted molar refractivity (Wildman–Crippen MR) is 80.3 cm³/mol. The third-order valence-corrected chi connectivity index (χ3v) is 4.23. The van der Waals surface area contributed by atoms with Crippen molar-refractivity contribution in [1.29, 1.82) is 0 Å². The van der Waals surface area contributed by atoms with Crippen LogP contribution in [-0.2, 0) is 9.42 Å². The van der Waals surface area contributed by atoms with Crippen LogP contribution < -0.4 is 0 Å². The third-order valence-electron chi connectivity index (χ3n) is 3.83. The lowest BCUT2D eigenvalue weighted by Crippen LogP contribution is -2.43. The highest BCUT2D eigenvalue weighted by atomic mass is 31.1. The van der Waals surface area contributed by atoms with Crippen LogP contribution in [0.2, 0.25) is 0 Å². The van der Waals surface area contributed by atoms with Crippen molar-refractivity contribution >= 4 is 20.5 Å². The van der Waals surface area contributed by atoms with Gasteiger partial charge in [0.2, 0.25) is 0 Å². The van der Waals surface area contributed by atoms with E-state index in [9.17, 15) is 22.8 Å². The van der Waals surface area contributed by atoms with Gasteiger partial charge in [0, 0.05) is 14.4 Å². The number of Topliss-reactive ketones (excluding diaryl/α,β-unsaturated/α-hetero) is 1. The van der Waals surface area contributed by atoms with Crippen LogP contribution in [0.1, 0.15) is 28.8 Å². The van der Waals surface area contributed by atoms with E-state index in [2.05, 4.69) is 0 Å². The number of carbonyl (C=O) groups is 2. The van der Waals surface area contributed by atoms with Gasteiger partial charge in [-0.05, 0) is 20.0 Å². The van der Waals surface area contributed by atoms with Gasteiger partial charge in [0.15, 0.2) is 5.78 Å². The summed E-state index contributed by atoms with van der Waals surface area (Å²) >= 11 is 0. The summed E-state index contributed by atoms with van der Waals surface area (Å²) in [5.74, 6) is -1.71. The van der Waals surface area contributed by atoms with E-state index < -0.39 is 29.7 Å². The molecule has 0 radical (unpaired) electrons. The molecule has 1 aromatic carbocycles. The number of hydrogen-bond donors (Lipinski definition) is 0. The molecule has 0 spiro atoms. The highest BCUT2D eigenvalue weighted by molar-refractivity contribution is 7.31. The maximum Gasteiger partial charge on any atom is 0.390 e. The number of amides is 1. The molecule has 0 bridgehead atoms. The first-order valence-electron chi connectivity index (χ1n) is 7.03. The van der Waals surface area contributed by atoms with E-state index in [4.69, 9.17) is 4.62 Å². The number of halogens is 3. The molecule has 23 heavy (non-hydrogen) atoms. The molecular weight excluding hydrogens is 330 g/mol. The fourth-order valence-corrected chi connectivity index (χ4v) is 3.11. The summed E-state index contributed by atoms with van der Waals surface area (Å²) in [6.45, 7) is 3.43. The van der Waals surface area contributed by atoms with Crippen molar-refractivity contribution in [2.75, 3.05) is 13.2 Å². The Bertz CT molecular complexity index is 603. The van der Waals surface area contributed by atoms with Gasteiger partial charge >= 0.3 is 6.18 Å². The Morgan fingerprint density at radius 2 is 1.96 bits per heavy atom. The number of alkyl halides is 3. The Morgan fingerprint density at radius 1 is 1.35 bits per heavy atom. The molecule has 126 valence electrons. The van der Waals surface area contributed by atoms with Crippen molar-refractivity contribution in [3.8, 4) is 0 Å². The molecule has 2 atom stereocenters. The first-order chi connectivity index (χ1) is 10.7. The number of ketones is 1. The van der Waals surface area contributed by atoms with Gasteiger partial charge < -0.3 is 0 Å². The lowest BCUT2D eigenvalue weighted by Gasteiger charge is -2.27. The lowest BCUT2D eigenvalue weighted by atomic mass is 9.76. The van der Waals surface area contributed by atoms with Gasteiger partial charge in [-0.2, -0.15) is 13.2 Å². The molecule has 4 nitrogen and oxygen atoms in total. The maximum atomic E-state index is 13.0. The molecule has 0 aromatic heterocycles. The minimum Gasteiger partial charge on any atom is -0.293 e. The van der Waals surface area contributed by atoms with Crippen LogP contribution >= 0.6 is 8.81 Å². The van der Waals surface area contributed by atoms with Gasteiger partial charge in [0.1, 0.15) is 5.41 Å². The fourth-order valence-electron chi connectivity index (χ4n) is 2.72. The topological polar surface area (TPSA) is 46.6 Å². The zero-order valence-electron chi connectivity index (χ0n) is 12.7. The molecule has 0 N–H and O–H groups in total. The number of hydroxylamine groups is 2. The van der Waals surface area contributed by atoms with E-state index >= 15 is 0 Å². The Balaban J connectivity index is 2.40. The van der Waals surface area contributed by atoms with Crippen LogP contribution in [0.15, 0.2) is 24.3 Å². The van der Waals surface area contributed by atoms with Gasteiger partial charge in [-0.25, -0.2) is 5.06 Å². The van der Waals surface area contributed by atoms with Gasteiger partial charge in [-0.1, -0.05) is 29.8 Å². The van der Waals surface area contributed by atoms with Crippen LogP contribution in [0, 0.1) is 12.3 Å². The highest BCUT2D eigenvalue weighted by Crippen LogP contribution is 2.45. The molecule has 1 saturated heterocycles. The van der Waals surface area contributed by atoms with Crippen LogP contribution in [0.3, 0.4) is 0 Å². The monoisotopic (exact) mass is 347 g/mol. The maximum absolute atomic E-state index is 13.0. The molecule has 1 heterocycles. The van der Waals surface area contributed by atoms with Crippen LogP contribution in [0.4, 0.5) is 13.2 Å². The smallest absolute Gasteiger partial charge is 0.293 e. The lowest BCUT2D eigenvalue weighted by molar-refractivity contribution is -0.171. The van der Waals surface area contributed by atoms with Crippen LogP contribution in [0.25, 0.3) is 0 Å². The number of nitrogens with zero attached hydrogens (tertiary/aromatic N) is 1. The zero-order valence-corrected chi connectivity index (χ0v) is 13.7. The Hall–Kier alpha value is -1.46. The van der Waals surface area contributed by atoms with E-state index in [-0.39, 0.29) is 27.3 Å². The van der Waals surface area contributed by atoms with E-state index in [1.807, 2.05) is 0 Å². The molecular formula is C15H17F3NO3P. The molecule has 1 unspecified atom stereocenters. The Labute approximate surface area is 133 Å². The van der Waals surface area contributed by atoms with Crippen molar-refractivity contribution < 1.29 is 27.4 Å².